The van der Waals surface area contributed by atoms with Gasteiger partial charge < -0.3 is 4.74 Å². The molecule has 0 aromatic heterocycles. The lowest BCUT2D eigenvalue weighted by atomic mass is 9.86. The van der Waals surface area contributed by atoms with Crippen molar-refractivity contribution in [1.82, 2.24) is 0 Å². The smallest absolute Gasteiger partial charge is 0.0661 e. The van der Waals surface area contributed by atoms with Crippen LogP contribution in [0.1, 0.15) is 67.7 Å². The average molecular weight is 226 g/mol. The third-order valence-corrected chi connectivity index (χ3v) is 3.97. The molecule has 2 unspecified atom stereocenters. The Bertz CT molecular complexity index is 222. The Morgan fingerprint density at radius 1 is 1.00 bits per heavy atom. The largest absolute Gasteiger partial charge is 0.370 e. The Balaban J connectivity index is 2.58. The highest BCUT2D eigenvalue weighted by molar-refractivity contribution is 4.89. The standard InChI is InChI=1S/C15H30O/c1-11(2)12-8-9-13(10-12)15(6,7)16-14(3,4)5/h11-13H,8-10H2,1-7H3. The molecule has 1 nitrogen and oxygen atoms in total. The molecule has 1 rings (SSSR count). The Labute approximate surface area is 102 Å². The molecule has 0 aliphatic heterocycles. The van der Waals surface area contributed by atoms with Crippen molar-refractivity contribution in [3.63, 3.8) is 0 Å². The summed E-state index contributed by atoms with van der Waals surface area (Å²) in [5.41, 5.74) is 0.00130. The Morgan fingerprint density at radius 3 is 1.94 bits per heavy atom. The molecule has 0 aromatic carbocycles. The van der Waals surface area contributed by atoms with Crippen LogP contribution in [-0.4, -0.2) is 11.2 Å². The Morgan fingerprint density at radius 2 is 1.56 bits per heavy atom. The first-order valence-corrected chi connectivity index (χ1v) is 6.82. The van der Waals surface area contributed by atoms with Crippen LogP contribution in [0, 0.1) is 17.8 Å². The minimum absolute atomic E-state index is 0.0284. The van der Waals surface area contributed by atoms with E-state index in [1.165, 1.54) is 19.3 Å². The molecular formula is C15H30O. The summed E-state index contributed by atoms with van der Waals surface area (Å²) in [6.07, 6.45) is 4.08. The van der Waals surface area contributed by atoms with E-state index < -0.39 is 0 Å². The molecule has 0 spiro atoms. The molecule has 0 N–H and O–H groups in total. The molecule has 1 aliphatic carbocycles. The first-order valence-electron chi connectivity index (χ1n) is 6.82. The van der Waals surface area contributed by atoms with Gasteiger partial charge in [0.15, 0.2) is 0 Å². The maximum Gasteiger partial charge on any atom is 0.0661 e. The van der Waals surface area contributed by atoms with E-state index in [0.717, 1.165) is 17.8 Å². The van der Waals surface area contributed by atoms with Crippen molar-refractivity contribution >= 4 is 0 Å². The van der Waals surface area contributed by atoms with Crippen molar-refractivity contribution in [3.05, 3.63) is 0 Å². The monoisotopic (exact) mass is 226 g/mol. The summed E-state index contributed by atoms with van der Waals surface area (Å²) in [5.74, 6) is 2.47. The van der Waals surface area contributed by atoms with E-state index in [2.05, 4.69) is 48.5 Å². The Kier molecular flexibility index (Phi) is 4.10. The first kappa shape index (κ1) is 14.0. The van der Waals surface area contributed by atoms with Crippen LogP contribution in [0.15, 0.2) is 0 Å². The van der Waals surface area contributed by atoms with Crippen molar-refractivity contribution in [2.24, 2.45) is 17.8 Å². The zero-order valence-electron chi connectivity index (χ0n) is 12.3. The van der Waals surface area contributed by atoms with Crippen LogP contribution in [0.5, 0.6) is 0 Å². The van der Waals surface area contributed by atoms with E-state index in [4.69, 9.17) is 4.74 Å². The summed E-state index contributed by atoms with van der Waals surface area (Å²) >= 11 is 0. The van der Waals surface area contributed by atoms with E-state index in [0.29, 0.717) is 0 Å². The van der Waals surface area contributed by atoms with E-state index in [1.807, 2.05) is 0 Å². The molecule has 1 fully saturated rings. The van der Waals surface area contributed by atoms with Crippen molar-refractivity contribution in [2.75, 3.05) is 0 Å². The predicted molar refractivity (Wildman–Crippen MR) is 70.6 cm³/mol. The molecule has 1 heteroatoms. The van der Waals surface area contributed by atoms with Crippen molar-refractivity contribution in [3.8, 4) is 0 Å². The van der Waals surface area contributed by atoms with Gasteiger partial charge in [0.05, 0.1) is 11.2 Å². The number of hydrogen-bond donors (Lipinski definition) is 0. The third kappa shape index (κ3) is 3.76. The fourth-order valence-corrected chi connectivity index (χ4v) is 3.13. The summed E-state index contributed by atoms with van der Waals surface area (Å²) in [7, 11) is 0. The van der Waals surface area contributed by atoms with E-state index in [-0.39, 0.29) is 11.2 Å². The van der Waals surface area contributed by atoms with E-state index >= 15 is 0 Å². The van der Waals surface area contributed by atoms with Gasteiger partial charge in [0, 0.05) is 0 Å². The molecule has 0 radical (unpaired) electrons. The second kappa shape index (κ2) is 4.68. The van der Waals surface area contributed by atoms with Crippen LogP contribution in [-0.2, 0) is 4.74 Å². The molecule has 1 saturated carbocycles. The molecule has 96 valence electrons. The maximum absolute atomic E-state index is 6.24. The zero-order valence-corrected chi connectivity index (χ0v) is 12.3. The van der Waals surface area contributed by atoms with Gasteiger partial charge in [-0.25, -0.2) is 0 Å². The van der Waals surface area contributed by atoms with E-state index in [1.54, 1.807) is 0 Å². The first-order chi connectivity index (χ1) is 7.12. The summed E-state index contributed by atoms with van der Waals surface area (Å²) < 4.78 is 6.24. The molecular weight excluding hydrogens is 196 g/mol. The van der Waals surface area contributed by atoms with Gasteiger partial charge in [-0.3, -0.25) is 0 Å². The van der Waals surface area contributed by atoms with Gasteiger partial charge >= 0.3 is 0 Å². The van der Waals surface area contributed by atoms with Crippen molar-refractivity contribution in [2.45, 2.75) is 78.9 Å². The average Bonchev–Trinajstić information content (AvgIpc) is 2.46. The summed E-state index contributed by atoms with van der Waals surface area (Å²) in [6, 6.07) is 0. The normalized spacial score (nSPS) is 27.8. The molecule has 0 amide bonds. The highest BCUT2D eigenvalue weighted by Crippen LogP contribution is 2.43. The lowest BCUT2D eigenvalue weighted by Crippen LogP contribution is -2.40. The van der Waals surface area contributed by atoms with Crippen LogP contribution in [0.3, 0.4) is 0 Å². The summed E-state index contributed by atoms with van der Waals surface area (Å²) in [4.78, 5) is 0. The lowest BCUT2D eigenvalue weighted by Gasteiger charge is -2.38. The molecule has 2 atom stereocenters. The lowest BCUT2D eigenvalue weighted by molar-refractivity contribution is -0.140. The quantitative estimate of drug-likeness (QED) is 0.680. The van der Waals surface area contributed by atoms with Crippen LogP contribution < -0.4 is 0 Å². The van der Waals surface area contributed by atoms with Crippen molar-refractivity contribution in [1.29, 1.82) is 0 Å². The zero-order chi connectivity index (χ0) is 12.6. The van der Waals surface area contributed by atoms with Gasteiger partial charge in [0.25, 0.3) is 0 Å². The van der Waals surface area contributed by atoms with Gasteiger partial charge in [0.2, 0.25) is 0 Å². The second-order valence-electron chi connectivity index (χ2n) is 7.33. The highest BCUT2D eigenvalue weighted by Gasteiger charge is 2.39. The van der Waals surface area contributed by atoms with Gasteiger partial charge in [-0.05, 0) is 71.6 Å². The number of hydrogen-bond acceptors (Lipinski definition) is 1. The van der Waals surface area contributed by atoms with E-state index in [9.17, 15) is 0 Å². The Hall–Kier alpha value is -0.0400. The van der Waals surface area contributed by atoms with Crippen LogP contribution in [0.2, 0.25) is 0 Å². The van der Waals surface area contributed by atoms with Crippen LogP contribution >= 0.6 is 0 Å². The van der Waals surface area contributed by atoms with Gasteiger partial charge in [-0.15, -0.1) is 0 Å². The molecule has 0 aromatic rings. The van der Waals surface area contributed by atoms with Gasteiger partial charge in [-0.2, -0.15) is 0 Å². The molecule has 0 heterocycles. The summed E-state index contributed by atoms with van der Waals surface area (Å²) in [5, 5.41) is 0. The maximum atomic E-state index is 6.24. The fraction of sp³-hybridized carbons (Fsp3) is 1.00. The molecule has 0 bridgehead atoms. The number of rotatable bonds is 3. The molecule has 0 saturated heterocycles. The minimum atomic E-state index is -0.0284. The molecule has 1 aliphatic rings. The third-order valence-electron chi connectivity index (χ3n) is 3.97. The van der Waals surface area contributed by atoms with Crippen LogP contribution in [0.25, 0.3) is 0 Å². The van der Waals surface area contributed by atoms with Gasteiger partial charge in [0.1, 0.15) is 0 Å². The SMILES string of the molecule is CC(C)C1CCC(C(C)(C)OC(C)(C)C)C1. The second-order valence-corrected chi connectivity index (χ2v) is 7.33. The minimum Gasteiger partial charge on any atom is -0.370 e. The van der Waals surface area contributed by atoms with Gasteiger partial charge in [-0.1, -0.05) is 13.8 Å². The fourth-order valence-electron chi connectivity index (χ4n) is 3.13. The summed E-state index contributed by atoms with van der Waals surface area (Å²) in [6.45, 7) is 15.7. The number of ether oxygens (including phenoxy) is 1. The van der Waals surface area contributed by atoms with Crippen molar-refractivity contribution < 1.29 is 4.74 Å². The highest BCUT2D eigenvalue weighted by atomic mass is 16.5. The predicted octanol–water partition coefficient (Wildman–Crippen LogP) is 4.65. The topological polar surface area (TPSA) is 9.23 Å². The van der Waals surface area contributed by atoms with Crippen LogP contribution in [0.4, 0.5) is 0 Å². The molecule has 16 heavy (non-hydrogen) atoms.